The van der Waals surface area contributed by atoms with Gasteiger partial charge < -0.3 is 14.5 Å². The minimum absolute atomic E-state index is 0.0188. The molecular formula is C19H35N3O5S. The lowest BCUT2D eigenvalue weighted by atomic mass is 10.1. The van der Waals surface area contributed by atoms with E-state index in [4.69, 9.17) is 4.74 Å². The summed E-state index contributed by atoms with van der Waals surface area (Å²) in [6, 6.07) is -0.515. The summed E-state index contributed by atoms with van der Waals surface area (Å²) in [7, 11) is -1.32. The van der Waals surface area contributed by atoms with Crippen LogP contribution in [0, 0.1) is 0 Å². The fourth-order valence-corrected chi connectivity index (χ4v) is 5.55. The fourth-order valence-electron chi connectivity index (χ4n) is 3.77. The first kappa shape index (κ1) is 22.9. The number of piperazine rings is 1. The molecule has 2 heterocycles. The van der Waals surface area contributed by atoms with E-state index in [0.717, 1.165) is 12.8 Å². The second-order valence-electron chi connectivity index (χ2n) is 8.81. The molecule has 2 fully saturated rings. The van der Waals surface area contributed by atoms with E-state index in [9.17, 15) is 18.0 Å². The summed E-state index contributed by atoms with van der Waals surface area (Å²) in [5, 5.41) is 0. The number of nitrogens with zero attached hydrogens (tertiary/aromatic N) is 3. The van der Waals surface area contributed by atoms with Crippen LogP contribution in [0.3, 0.4) is 0 Å². The average Bonchev–Trinajstić information content (AvgIpc) is 2.97. The van der Waals surface area contributed by atoms with E-state index in [1.54, 1.807) is 16.8 Å². The van der Waals surface area contributed by atoms with Crippen molar-refractivity contribution in [3.8, 4) is 0 Å². The lowest BCUT2D eigenvalue weighted by Crippen LogP contribution is -2.57. The summed E-state index contributed by atoms with van der Waals surface area (Å²) in [5.41, 5.74) is -0.529. The molecule has 28 heavy (non-hydrogen) atoms. The van der Waals surface area contributed by atoms with E-state index in [1.165, 1.54) is 0 Å². The lowest BCUT2D eigenvalue weighted by molar-refractivity contribution is -0.138. The molecule has 2 rings (SSSR count). The number of hydrogen-bond donors (Lipinski definition) is 0. The predicted octanol–water partition coefficient (Wildman–Crippen LogP) is 1.35. The van der Waals surface area contributed by atoms with E-state index < -0.39 is 15.4 Å². The van der Waals surface area contributed by atoms with Crippen LogP contribution in [0.1, 0.15) is 47.0 Å². The number of rotatable bonds is 5. The van der Waals surface area contributed by atoms with Gasteiger partial charge in [-0.15, -0.1) is 0 Å². The Morgan fingerprint density at radius 2 is 1.79 bits per heavy atom. The highest BCUT2D eigenvalue weighted by Crippen LogP contribution is 2.21. The number of carbonyl (C=O) groups is 2. The average molecular weight is 418 g/mol. The summed E-state index contributed by atoms with van der Waals surface area (Å²) >= 11 is 0. The van der Waals surface area contributed by atoms with Gasteiger partial charge in [-0.2, -0.15) is 0 Å². The molecule has 2 saturated heterocycles. The van der Waals surface area contributed by atoms with Crippen molar-refractivity contribution in [2.75, 3.05) is 44.7 Å². The van der Waals surface area contributed by atoms with Gasteiger partial charge in [0.1, 0.15) is 5.60 Å². The van der Waals surface area contributed by atoms with Crippen molar-refractivity contribution in [2.24, 2.45) is 0 Å². The van der Waals surface area contributed by atoms with Crippen LogP contribution in [0.15, 0.2) is 0 Å². The molecule has 0 unspecified atom stereocenters. The quantitative estimate of drug-likeness (QED) is 0.671. The van der Waals surface area contributed by atoms with Gasteiger partial charge in [0, 0.05) is 39.3 Å². The van der Waals surface area contributed by atoms with Gasteiger partial charge in [-0.25, -0.2) is 13.2 Å². The van der Waals surface area contributed by atoms with Crippen LogP contribution in [0.2, 0.25) is 0 Å². The van der Waals surface area contributed by atoms with Crippen LogP contribution in [-0.4, -0.2) is 97.5 Å². The third-order valence-electron chi connectivity index (χ3n) is 5.36. The van der Waals surface area contributed by atoms with Crippen molar-refractivity contribution in [2.45, 2.75) is 64.6 Å². The number of hydrogen-bond acceptors (Lipinski definition) is 6. The van der Waals surface area contributed by atoms with Crippen LogP contribution < -0.4 is 0 Å². The lowest BCUT2D eigenvalue weighted by Gasteiger charge is -2.40. The molecule has 2 aliphatic rings. The first-order valence-corrected chi connectivity index (χ1v) is 11.9. The molecule has 0 aliphatic carbocycles. The number of amides is 2. The normalized spacial score (nSPS) is 24.0. The summed E-state index contributed by atoms with van der Waals surface area (Å²) in [6.45, 7) is 9.81. The molecule has 8 nitrogen and oxygen atoms in total. The molecule has 0 aromatic heterocycles. The Hall–Kier alpha value is -1.35. The first-order chi connectivity index (χ1) is 12.9. The van der Waals surface area contributed by atoms with Gasteiger partial charge in [0.15, 0.2) is 9.84 Å². The van der Waals surface area contributed by atoms with Gasteiger partial charge in [-0.05, 0) is 33.6 Å². The number of sulfone groups is 1. The smallest absolute Gasteiger partial charge is 0.410 e. The van der Waals surface area contributed by atoms with Gasteiger partial charge in [-0.1, -0.05) is 13.3 Å². The van der Waals surface area contributed by atoms with Crippen LogP contribution >= 0.6 is 0 Å². The summed E-state index contributed by atoms with van der Waals surface area (Å²) in [5.74, 6) is 0.192. The van der Waals surface area contributed by atoms with Gasteiger partial charge in [-0.3, -0.25) is 9.69 Å². The van der Waals surface area contributed by atoms with E-state index >= 15 is 0 Å². The Morgan fingerprint density at radius 3 is 2.25 bits per heavy atom. The van der Waals surface area contributed by atoms with Crippen molar-refractivity contribution in [3.05, 3.63) is 0 Å². The zero-order valence-electron chi connectivity index (χ0n) is 17.8. The highest BCUT2D eigenvalue weighted by molar-refractivity contribution is 7.91. The first-order valence-electron chi connectivity index (χ1n) is 10.1. The molecule has 0 spiro atoms. The van der Waals surface area contributed by atoms with Crippen molar-refractivity contribution in [1.82, 2.24) is 14.7 Å². The minimum Gasteiger partial charge on any atom is -0.444 e. The largest absolute Gasteiger partial charge is 0.444 e. The molecule has 162 valence electrons. The van der Waals surface area contributed by atoms with Crippen LogP contribution in [0.5, 0.6) is 0 Å². The molecule has 0 aromatic rings. The maximum atomic E-state index is 13.1. The van der Waals surface area contributed by atoms with Crippen LogP contribution in [0.25, 0.3) is 0 Å². The zero-order chi connectivity index (χ0) is 21.1. The number of ether oxygens (including phenoxy) is 1. The Kier molecular flexibility index (Phi) is 7.36. The third kappa shape index (κ3) is 6.07. The van der Waals surface area contributed by atoms with Gasteiger partial charge in [0.2, 0.25) is 5.91 Å². The number of likely N-dealkylation sites (N-methyl/N-ethyl adjacent to an activating group) is 1. The molecular weight excluding hydrogens is 382 g/mol. The zero-order valence-corrected chi connectivity index (χ0v) is 18.6. The van der Waals surface area contributed by atoms with E-state index in [0.29, 0.717) is 32.6 Å². The van der Waals surface area contributed by atoms with Gasteiger partial charge >= 0.3 is 6.09 Å². The third-order valence-corrected chi connectivity index (χ3v) is 7.11. The predicted molar refractivity (Wildman–Crippen MR) is 108 cm³/mol. The van der Waals surface area contributed by atoms with Crippen molar-refractivity contribution >= 4 is 21.8 Å². The molecule has 0 saturated carbocycles. The molecule has 0 aromatic carbocycles. The molecule has 0 radical (unpaired) electrons. The highest BCUT2D eigenvalue weighted by Gasteiger charge is 2.37. The Balaban J connectivity index is 1.97. The maximum absolute atomic E-state index is 13.1. The van der Waals surface area contributed by atoms with Crippen LogP contribution in [0.4, 0.5) is 4.79 Å². The van der Waals surface area contributed by atoms with Gasteiger partial charge in [0.05, 0.1) is 17.5 Å². The maximum Gasteiger partial charge on any atom is 0.410 e. The van der Waals surface area contributed by atoms with Crippen molar-refractivity contribution < 1.29 is 22.7 Å². The highest BCUT2D eigenvalue weighted by atomic mass is 32.2. The molecule has 0 bridgehead atoms. The summed E-state index contributed by atoms with van der Waals surface area (Å²) in [4.78, 5) is 30.8. The fraction of sp³-hybridized carbons (Fsp3) is 0.895. The Bertz CT molecular complexity index is 666. The summed E-state index contributed by atoms with van der Waals surface area (Å²) in [6.07, 6.45) is 1.77. The van der Waals surface area contributed by atoms with Crippen LogP contribution in [-0.2, 0) is 19.4 Å². The molecule has 2 amide bonds. The topological polar surface area (TPSA) is 87.2 Å². The SMILES string of the molecule is CCC[C@@H](C(=O)N(C)[C@@H]1CCS(=O)(=O)C1)N1CCN(C(=O)OC(C)(C)C)CC1. The monoisotopic (exact) mass is 417 g/mol. The van der Waals surface area contributed by atoms with E-state index in [2.05, 4.69) is 4.90 Å². The Labute approximate surface area is 169 Å². The Morgan fingerprint density at radius 1 is 1.18 bits per heavy atom. The number of carbonyl (C=O) groups excluding carboxylic acids is 2. The second kappa shape index (κ2) is 8.98. The molecule has 2 aliphatic heterocycles. The standard InChI is InChI=1S/C19H35N3O5S/c1-6-7-16(17(23)20(5)15-8-13-28(25,26)14-15)21-9-11-22(12-10-21)18(24)27-19(2,3)4/h15-16H,6-14H2,1-5H3/t15-,16+/m1/s1. The van der Waals surface area contributed by atoms with Crippen molar-refractivity contribution in [3.63, 3.8) is 0 Å². The van der Waals surface area contributed by atoms with E-state index in [1.807, 2.05) is 27.7 Å². The molecule has 9 heteroatoms. The minimum atomic E-state index is -3.03. The second-order valence-corrected chi connectivity index (χ2v) is 11.0. The molecule has 0 N–H and O–H groups in total. The van der Waals surface area contributed by atoms with Crippen molar-refractivity contribution in [1.29, 1.82) is 0 Å². The molecule has 2 atom stereocenters. The summed E-state index contributed by atoms with van der Waals surface area (Å²) < 4.78 is 29.0. The van der Waals surface area contributed by atoms with E-state index in [-0.39, 0.29) is 35.6 Å². The van der Waals surface area contributed by atoms with Gasteiger partial charge in [0.25, 0.3) is 0 Å².